The number of pyridine rings is 1. The highest BCUT2D eigenvalue weighted by Gasteiger charge is 2.22. The van der Waals surface area contributed by atoms with Gasteiger partial charge in [0.05, 0.1) is 22.2 Å². The monoisotopic (exact) mass is 548 g/mol. The van der Waals surface area contributed by atoms with Crippen LogP contribution >= 0.6 is 0 Å². The average Bonchev–Trinajstić information content (AvgIpc) is 3.68. The standard InChI is InChI=1S/C36H28N4O2/c1-36(2,3)23-17-18-37-33(19-23)40-31-21-26(15-16-27(31)35-34(40)28-11-4-7-14-32(28)42-35)41-25-10-8-9-24(20-25)39-22-38-29-12-5-6-13-30(29)39/h4-22H,1-3H3. The summed E-state index contributed by atoms with van der Waals surface area (Å²) in [5.74, 6) is 2.32. The van der Waals surface area contributed by atoms with Crippen molar-refractivity contribution < 1.29 is 9.15 Å². The Hall–Kier alpha value is -5.36. The quantitative estimate of drug-likeness (QED) is 0.220. The molecule has 0 unspecified atom stereocenters. The molecule has 0 fully saturated rings. The number of para-hydroxylation sites is 3. The van der Waals surface area contributed by atoms with E-state index in [4.69, 9.17) is 14.1 Å². The summed E-state index contributed by atoms with van der Waals surface area (Å²) in [5.41, 5.74) is 7.86. The molecule has 0 saturated carbocycles. The van der Waals surface area contributed by atoms with Gasteiger partial charge in [0.15, 0.2) is 5.58 Å². The number of aromatic nitrogens is 4. The molecule has 6 heteroatoms. The fraction of sp³-hybridized carbons (Fsp3) is 0.111. The second-order valence-corrected chi connectivity index (χ2v) is 11.6. The Morgan fingerprint density at radius 3 is 2.45 bits per heavy atom. The second-order valence-electron chi connectivity index (χ2n) is 11.6. The lowest BCUT2D eigenvalue weighted by Crippen LogP contribution is -2.12. The molecule has 0 N–H and O–H groups in total. The summed E-state index contributed by atoms with van der Waals surface area (Å²) in [6.07, 6.45) is 3.74. The Kier molecular flexibility index (Phi) is 5.28. The van der Waals surface area contributed by atoms with E-state index in [0.29, 0.717) is 0 Å². The van der Waals surface area contributed by atoms with Crippen LogP contribution in [0.3, 0.4) is 0 Å². The number of ether oxygens (including phenoxy) is 1. The van der Waals surface area contributed by atoms with Gasteiger partial charge in [-0.2, -0.15) is 0 Å². The molecular weight excluding hydrogens is 520 g/mol. The van der Waals surface area contributed by atoms with E-state index in [1.165, 1.54) is 5.56 Å². The van der Waals surface area contributed by atoms with Crippen LogP contribution in [0.15, 0.2) is 120 Å². The van der Waals surface area contributed by atoms with E-state index >= 15 is 0 Å². The first-order valence-corrected chi connectivity index (χ1v) is 14.1. The highest BCUT2D eigenvalue weighted by Crippen LogP contribution is 2.40. The van der Waals surface area contributed by atoms with Gasteiger partial charge < -0.3 is 9.15 Å². The fourth-order valence-corrected chi connectivity index (χ4v) is 5.75. The molecule has 0 aliphatic rings. The lowest BCUT2D eigenvalue weighted by Gasteiger charge is -2.20. The van der Waals surface area contributed by atoms with Crippen LogP contribution in [0.25, 0.3) is 55.5 Å². The van der Waals surface area contributed by atoms with Crippen LogP contribution in [-0.2, 0) is 5.41 Å². The van der Waals surface area contributed by atoms with Crippen molar-refractivity contribution in [2.24, 2.45) is 0 Å². The van der Waals surface area contributed by atoms with Crippen LogP contribution < -0.4 is 4.74 Å². The normalized spacial score (nSPS) is 12.2. The van der Waals surface area contributed by atoms with Gasteiger partial charge in [0.25, 0.3) is 0 Å². The van der Waals surface area contributed by atoms with Gasteiger partial charge in [-0.05, 0) is 71.6 Å². The summed E-state index contributed by atoms with van der Waals surface area (Å²) < 4.78 is 17.2. The van der Waals surface area contributed by atoms with Crippen molar-refractivity contribution in [3.8, 4) is 23.0 Å². The summed E-state index contributed by atoms with van der Waals surface area (Å²) in [5, 5.41) is 2.06. The van der Waals surface area contributed by atoms with Gasteiger partial charge in [0.2, 0.25) is 0 Å². The van der Waals surface area contributed by atoms with Crippen LogP contribution in [0, 0.1) is 0 Å². The lowest BCUT2D eigenvalue weighted by atomic mass is 9.88. The lowest BCUT2D eigenvalue weighted by molar-refractivity contribution is 0.483. The minimum atomic E-state index is -0.0158. The van der Waals surface area contributed by atoms with Crippen molar-refractivity contribution >= 4 is 44.0 Å². The zero-order chi connectivity index (χ0) is 28.4. The second kappa shape index (κ2) is 9.08. The van der Waals surface area contributed by atoms with Gasteiger partial charge in [-0.15, -0.1) is 0 Å². The fourth-order valence-electron chi connectivity index (χ4n) is 5.75. The molecule has 4 aromatic heterocycles. The molecule has 0 radical (unpaired) electrons. The van der Waals surface area contributed by atoms with E-state index in [0.717, 1.165) is 67.0 Å². The Labute approximate surface area is 242 Å². The topological polar surface area (TPSA) is 58.0 Å². The summed E-state index contributed by atoms with van der Waals surface area (Å²) >= 11 is 0. The number of benzene rings is 4. The first-order valence-electron chi connectivity index (χ1n) is 14.1. The maximum absolute atomic E-state index is 6.47. The molecule has 8 rings (SSSR count). The first-order chi connectivity index (χ1) is 20.4. The van der Waals surface area contributed by atoms with Crippen molar-refractivity contribution in [1.82, 2.24) is 19.1 Å². The number of nitrogens with zero attached hydrogens (tertiary/aromatic N) is 4. The molecule has 4 aromatic carbocycles. The molecule has 8 aromatic rings. The number of imidazole rings is 1. The van der Waals surface area contributed by atoms with Crippen LogP contribution in [0.5, 0.6) is 11.5 Å². The summed E-state index contributed by atoms with van der Waals surface area (Å²) in [6, 6.07) is 34.7. The van der Waals surface area contributed by atoms with E-state index in [1.807, 2.05) is 73.2 Å². The highest BCUT2D eigenvalue weighted by molar-refractivity contribution is 6.16. The van der Waals surface area contributed by atoms with E-state index in [2.05, 4.69) is 77.4 Å². The smallest absolute Gasteiger partial charge is 0.161 e. The first kappa shape index (κ1) is 24.4. The van der Waals surface area contributed by atoms with E-state index < -0.39 is 0 Å². The number of hydrogen-bond donors (Lipinski definition) is 0. The molecule has 0 saturated heterocycles. The maximum atomic E-state index is 6.47. The average molecular weight is 549 g/mol. The SMILES string of the molecule is CC(C)(C)c1ccnc(-n2c3cc(Oc4cccc(-n5cnc6ccccc65)c4)ccc3c3oc4ccccc4c32)c1. The van der Waals surface area contributed by atoms with Crippen molar-refractivity contribution in [3.05, 3.63) is 121 Å². The van der Waals surface area contributed by atoms with Crippen molar-refractivity contribution in [3.63, 3.8) is 0 Å². The van der Waals surface area contributed by atoms with Crippen LogP contribution in [-0.4, -0.2) is 19.1 Å². The molecule has 0 bridgehead atoms. The molecule has 0 amide bonds. The molecule has 0 atom stereocenters. The molecule has 6 nitrogen and oxygen atoms in total. The zero-order valence-electron chi connectivity index (χ0n) is 23.6. The third kappa shape index (κ3) is 3.87. The predicted molar refractivity (Wildman–Crippen MR) is 168 cm³/mol. The number of furan rings is 1. The molecule has 0 spiro atoms. The van der Waals surface area contributed by atoms with Crippen molar-refractivity contribution in [2.75, 3.05) is 0 Å². The van der Waals surface area contributed by atoms with Gasteiger partial charge >= 0.3 is 0 Å². The van der Waals surface area contributed by atoms with Crippen LogP contribution in [0.2, 0.25) is 0 Å². The van der Waals surface area contributed by atoms with Crippen LogP contribution in [0.1, 0.15) is 26.3 Å². The molecule has 4 heterocycles. The summed E-state index contributed by atoms with van der Waals surface area (Å²) in [4.78, 5) is 9.38. The van der Waals surface area contributed by atoms with Crippen molar-refractivity contribution in [2.45, 2.75) is 26.2 Å². The van der Waals surface area contributed by atoms with E-state index in [1.54, 1.807) is 0 Å². The molecule has 204 valence electrons. The minimum Gasteiger partial charge on any atom is -0.457 e. The van der Waals surface area contributed by atoms with Gasteiger partial charge in [0, 0.05) is 29.1 Å². The Morgan fingerprint density at radius 1 is 0.714 bits per heavy atom. The molecular formula is C36H28N4O2. The Balaban J connectivity index is 1.28. The van der Waals surface area contributed by atoms with Gasteiger partial charge in [-0.3, -0.25) is 9.13 Å². The van der Waals surface area contributed by atoms with E-state index in [-0.39, 0.29) is 5.41 Å². The number of fused-ring (bicyclic) bond motifs is 6. The Morgan fingerprint density at radius 2 is 1.55 bits per heavy atom. The molecule has 0 aliphatic carbocycles. The van der Waals surface area contributed by atoms with Gasteiger partial charge in [-0.25, -0.2) is 9.97 Å². The minimum absolute atomic E-state index is 0.0158. The van der Waals surface area contributed by atoms with Gasteiger partial charge in [0.1, 0.15) is 34.7 Å². The highest BCUT2D eigenvalue weighted by atomic mass is 16.5. The summed E-state index contributed by atoms with van der Waals surface area (Å²) in [7, 11) is 0. The summed E-state index contributed by atoms with van der Waals surface area (Å²) in [6.45, 7) is 6.65. The molecule has 0 aliphatic heterocycles. The predicted octanol–water partition coefficient (Wildman–Crippen LogP) is 9.35. The number of rotatable bonds is 4. The Bertz CT molecular complexity index is 2280. The maximum Gasteiger partial charge on any atom is 0.161 e. The van der Waals surface area contributed by atoms with Gasteiger partial charge in [-0.1, -0.05) is 51.1 Å². The zero-order valence-corrected chi connectivity index (χ0v) is 23.6. The molecule has 42 heavy (non-hydrogen) atoms. The van der Waals surface area contributed by atoms with Crippen molar-refractivity contribution in [1.29, 1.82) is 0 Å². The largest absolute Gasteiger partial charge is 0.457 e. The van der Waals surface area contributed by atoms with Crippen LogP contribution in [0.4, 0.5) is 0 Å². The third-order valence-corrected chi connectivity index (χ3v) is 7.87. The third-order valence-electron chi connectivity index (χ3n) is 7.87. The number of hydrogen-bond acceptors (Lipinski definition) is 4. The van der Waals surface area contributed by atoms with E-state index in [9.17, 15) is 0 Å².